The molecule has 112 valence electrons. The van der Waals surface area contributed by atoms with Crippen molar-refractivity contribution < 1.29 is 25.3 Å². The van der Waals surface area contributed by atoms with Gasteiger partial charge in [0.1, 0.15) is 11.5 Å². The summed E-state index contributed by atoms with van der Waals surface area (Å²) in [4.78, 5) is 0. The number of phenolic OH excluding ortho intramolecular Hbond substituents is 2. The number of hydrogen-bond donors (Lipinski definition) is 5. The molecule has 0 aliphatic carbocycles. The van der Waals surface area contributed by atoms with Crippen molar-refractivity contribution in [2.75, 3.05) is 0 Å². The minimum Gasteiger partial charge on any atom is -0.508 e. The van der Waals surface area contributed by atoms with Crippen LogP contribution in [0.4, 0.5) is 0 Å². The molecule has 0 unspecified atom stereocenters. The first-order valence-corrected chi connectivity index (χ1v) is 6.36. The highest BCUT2D eigenvalue weighted by molar-refractivity contribution is 6.30. The van der Waals surface area contributed by atoms with E-state index < -0.39 is 7.32 Å². The van der Waals surface area contributed by atoms with Gasteiger partial charge in [0.25, 0.3) is 0 Å². The Morgan fingerprint density at radius 2 is 0.905 bits per heavy atom. The van der Waals surface area contributed by atoms with E-state index in [-0.39, 0.29) is 16.9 Å². The number of phenols is 2. The number of aromatic hydroxyl groups is 2. The minimum atomic E-state index is -2.17. The Bertz CT molecular complexity index is 499. The summed E-state index contributed by atoms with van der Waals surface area (Å²) in [5.41, 5.74) is 2.10. The summed E-state index contributed by atoms with van der Waals surface area (Å²) in [7, 11) is -2.17. The number of rotatable bonds is 2. The quantitative estimate of drug-likeness (QED) is 0.538. The third-order valence-electron chi connectivity index (χ3n) is 3.18. The molecular formula is C15H19BO5. The lowest BCUT2D eigenvalue weighted by Crippen LogP contribution is -2.18. The fraction of sp³-hybridized carbons (Fsp3) is 0.200. The smallest absolute Gasteiger partial charge is 0.508 e. The molecule has 0 saturated carbocycles. The maximum Gasteiger partial charge on any atom is 0.631 e. The highest BCUT2D eigenvalue weighted by Gasteiger charge is 2.22. The predicted molar refractivity (Wildman–Crippen MR) is 80.8 cm³/mol. The summed E-state index contributed by atoms with van der Waals surface area (Å²) in [6.45, 7) is 4.23. The first kappa shape index (κ1) is 17.0. The second kappa shape index (κ2) is 7.13. The van der Waals surface area contributed by atoms with Crippen LogP contribution in [0, 0.1) is 0 Å². The molecule has 0 atom stereocenters. The third-order valence-corrected chi connectivity index (χ3v) is 3.18. The monoisotopic (exact) mass is 290 g/mol. The van der Waals surface area contributed by atoms with E-state index in [0.717, 1.165) is 11.1 Å². The van der Waals surface area contributed by atoms with Crippen LogP contribution in [0.3, 0.4) is 0 Å². The summed E-state index contributed by atoms with van der Waals surface area (Å²) in [5.74, 6) is 0.547. The molecule has 0 aliphatic heterocycles. The van der Waals surface area contributed by atoms with Gasteiger partial charge < -0.3 is 25.3 Å². The van der Waals surface area contributed by atoms with Gasteiger partial charge in [-0.2, -0.15) is 0 Å². The zero-order valence-electron chi connectivity index (χ0n) is 11.9. The lowest BCUT2D eigenvalue weighted by atomic mass is 9.78. The maximum atomic E-state index is 9.30. The molecule has 5 N–H and O–H groups in total. The van der Waals surface area contributed by atoms with Crippen LogP contribution < -0.4 is 0 Å². The molecule has 6 heteroatoms. The molecule has 0 heterocycles. The van der Waals surface area contributed by atoms with Gasteiger partial charge in [-0.05, 0) is 35.4 Å². The topological polar surface area (TPSA) is 101 Å². The molecule has 0 aromatic heterocycles. The van der Waals surface area contributed by atoms with Crippen LogP contribution in [0.1, 0.15) is 25.0 Å². The van der Waals surface area contributed by atoms with E-state index >= 15 is 0 Å². The zero-order valence-corrected chi connectivity index (χ0v) is 11.9. The van der Waals surface area contributed by atoms with Gasteiger partial charge in [-0.3, -0.25) is 0 Å². The molecule has 21 heavy (non-hydrogen) atoms. The number of benzene rings is 2. The van der Waals surface area contributed by atoms with E-state index in [1.165, 1.54) is 0 Å². The fourth-order valence-electron chi connectivity index (χ4n) is 1.92. The molecule has 2 aromatic rings. The maximum absolute atomic E-state index is 9.30. The molecular weight excluding hydrogens is 271 g/mol. The van der Waals surface area contributed by atoms with Crippen LogP contribution >= 0.6 is 0 Å². The van der Waals surface area contributed by atoms with Crippen LogP contribution in [-0.4, -0.2) is 32.6 Å². The van der Waals surface area contributed by atoms with Gasteiger partial charge in [0.05, 0.1) is 0 Å². The molecule has 2 rings (SSSR count). The van der Waals surface area contributed by atoms with E-state index in [0.29, 0.717) is 0 Å². The lowest BCUT2D eigenvalue weighted by Gasteiger charge is -2.26. The second-order valence-electron chi connectivity index (χ2n) is 5.07. The molecule has 0 amide bonds. The largest absolute Gasteiger partial charge is 0.631 e. The Hall–Kier alpha value is -2.02. The Labute approximate surface area is 123 Å². The van der Waals surface area contributed by atoms with Gasteiger partial charge in [0, 0.05) is 5.41 Å². The lowest BCUT2D eigenvalue weighted by molar-refractivity contribution is 0.278. The van der Waals surface area contributed by atoms with Crippen LogP contribution in [0.2, 0.25) is 0 Å². The molecule has 0 saturated heterocycles. The zero-order chi connectivity index (χ0) is 16.0. The molecule has 0 fully saturated rings. The second-order valence-corrected chi connectivity index (χ2v) is 5.07. The van der Waals surface area contributed by atoms with E-state index in [2.05, 4.69) is 13.8 Å². The minimum absolute atomic E-state index is 0.151. The molecule has 0 aliphatic rings. The van der Waals surface area contributed by atoms with E-state index in [1.54, 1.807) is 24.3 Å². The van der Waals surface area contributed by atoms with Gasteiger partial charge >= 0.3 is 7.32 Å². The molecule has 0 radical (unpaired) electrons. The van der Waals surface area contributed by atoms with Gasteiger partial charge in [-0.25, -0.2) is 0 Å². The SMILES string of the molecule is CC(C)(c1ccc(O)cc1)c1ccc(O)cc1.OB(O)O. The van der Waals surface area contributed by atoms with Crippen molar-refractivity contribution in [3.8, 4) is 11.5 Å². The summed E-state index contributed by atoms with van der Waals surface area (Å²) in [6, 6.07) is 14.4. The molecule has 0 spiro atoms. The Morgan fingerprint density at radius 3 is 1.14 bits per heavy atom. The molecule has 5 nitrogen and oxygen atoms in total. The fourth-order valence-corrected chi connectivity index (χ4v) is 1.92. The standard InChI is InChI=1S/C15H16O2.BH3O3/c1-15(2,11-3-7-13(16)8-4-11)12-5-9-14(17)10-6-12;2-1(3)4/h3-10,16-17H,1-2H3;2-4H. The van der Waals surface area contributed by atoms with Crippen LogP contribution in [0.15, 0.2) is 48.5 Å². The normalized spacial score (nSPS) is 10.5. The highest BCUT2D eigenvalue weighted by Crippen LogP contribution is 2.32. The molecule has 0 bridgehead atoms. The van der Waals surface area contributed by atoms with Crippen LogP contribution in [-0.2, 0) is 5.41 Å². The van der Waals surface area contributed by atoms with Gasteiger partial charge in [-0.15, -0.1) is 0 Å². The van der Waals surface area contributed by atoms with E-state index in [9.17, 15) is 10.2 Å². The average molecular weight is 290 g/mol. The summed E-state index contributed by atoms with van der Waals surface area (Å²) in [6.07, 6.45) is 0. The van der Waals surface area contributed by atoms with Crippen molar-refractivity contribution >= 4 is 7.32 Å². The van der Waals surface area contributed by atoms with Crippen LogP contribution in [0.25, 0.3) is 0 Å². The Morgan fingerprint density at radius 1 is 0.667 bits per heavy atom. The van der Waals surface area contributed by atoms with Crippen molar-refractivity contribution in [1.82, 2.24) is 0 Å². The molecule has 2 aromatic carbocycles. The van der Waals surface area contributed by atoms with Crippen molar-refractivity contribution in [3.05, 3.63) is 59.7 Å². The third kappa shape index (κ3) is 5.11. The summed E-state index contributed by atoms with van der Waals surface area (Å²) < 4.78 is 0. The number of hydrogen-bond acceptors (Lipinski definition) is 5. The Balaban J connectivity index is 0.000000491. The van der Waals surface area contributed by atoms with Crippen molar-refractivity contribution in [1.29, 1.82) is 0 Å². The van der Waals surface area contributed by atoms with Crippen molar-refractivity contribution in [2.45, 2.75) is 19.3 Å². The van der Waals surface area contributed by atoms with Gasteiger partial charge in [0.15, 0.2) is 0 Å². The predicted octanol–water partition coefficient (Wildman–Crippen LogP) is 1.37. The Kier molecular flexibility index (Phi) is 5.78. The van der Waals surface area contributed by atoms with E-state index in [1.807, 2.05) is 24.3 Å². The van der Waals surface area contributed by atoms with Gasteiger partial charge in [-0.1, -0.05) is 38.1 Å². The van der Waals surface area contributed by atoms with Gasteiger partial charge in [0.2, 0.25) is 0 Å². The van der Waals surface area contributed by atoms with Crippen molar-refractivity contribution in [3.63, 3.8) is 0 Å². The van der Waals surface area contributed by atoms with E-state index in [4.69, 9.17) is 15.1 Å². The average Bonchev–Trinajstić information content (AvgIpc) is 2.39. The van der Waals surface area contributed by atoms with Crippen LogP contribution in [0.5, 0.6) is 11.5 Å². The first-order valence-electron chi connectivity index (χ1n) is 6.36. The summed E-state index contributed by atoms with van der Waals surface area (Å²) in [5, 5.41) is 40.1. The summed E-state index contributed by atoms with van der Waals surface area (Å²) >= 11 is 0. The highest BCUT2D eigenvalue weighted by atomic mass is 16.5. The first-order chi connectivity index (χ1) is 9.73. The van der Waals surface area contributed by atoms with Crippen molar-refractivity contribution in [2.24, 2.45) is 0 Å².